The molecule has 3 nitrogen and oxygen atoms in total. The Morgan fingerprint density at radius 2 is 1.89 bits per heavy atom. The first kappa shape index (κ1) is 16.5. The van der Waals surface area contributed by atoms with Crippen LogP contribution in [-0.4, -0.2) is 20.2 Å². The minimum Gasteiger partial charge on any atom is -0.497 e. The van der Waals surface area contributed by atoms with Crippen molar-refractivity contribution in [3.63, 3.8) is 0 Å². The van der Waals surface area contributed by atoms with Crippen LogP contribution in [0.1, 0.15) is 33.6 Å². The molecule has 0 N–H and O–H groups in total. The Kier molecular flexibility index (Phi) is 8.71. The third-order valence-electron chi connectivity index (χ3n) is 2.52. The summed E-state index contributed by atoms with van der Waals surface area (Å²) in [5.41, 5.74) is 1.12. The van der Waals surface area contributed by atoms with Gasteiger partial charge in [-0.3, -0.25) is 4.79 Å². The zero-order valence-corrected chi connectivity index (χ0v) is 12.0. The fourth-order valence-electron chi connectivity index (χ4n) is 1.49. The van der Waals surface area contributed by atoms with Gasteiger partial charge in [-0.15, -0.1) is 0 Å². The van der Waals surface area contributed by atoms with Crippen molar-refractivity contribution in [3.05, 3.63) is 35.6 Å². The molecule has 0 spiro atoms. The third-order valence-corrected chi connectivity index (χ3v) is 2.52. The molecule has 0 aliphatic rings. The number of hydrogen-bond acceptors (Lipinski definition) is 3. The van der Waals surface area contributed by atoms with E-state index in [0.29, 0.717) is 6.42 Å². The second-order valence-corrected chi connectivity index (χ2v) is 4.23. The van der Waals surface area contributed by atoms with Crippen LogP contribution in [0.25, 0.3) is 0 Å². The van der Waals surface area contributed by atoms with Gasteiger partial charge in [0.1, 0.15) is 5.76 Å². The smallest absolute Gasteiger partial charge is 0.308 e. The van der Waals surface area contributed by atoms with E-state index in [1.165, 1.54) is 7.11 Å². The van der Waals surface area contributed by atoms with Crippen LogP contribution in [0.4, 0.5) is 0 Å². The lowest BCUT2D eigenvalue weighted by atomic mass is 10.0. The van der Waals surface area contributed by atoms with E-state index in [4.69, 9.17) is 9.47 Å². The maximum atomic E-state index is 11.3. The van der Waals surface area contributed by atoms with E-state index in [0.717, 1.165) is 17.8 Å². The summed E-state index contributed by atoms with van der Waals surface area (Å²) in [5.74, 6) is 0.517. The van der Waals surface area contributed by atoms with Crippen molar-refractivity contribution in [3.8, 4) is 0 Å². The van der Waals surface area contributed by atoms with Crippen LogP contribution in [0.5, 0.6) is 0 Å². The molecule has 0 saturated heterocycles. The number of carbonyl (C=O) groups is 1. The van der Waals surface area contributed by atoms with Gasteiger partial charge in [-0.25, -0.2) is 0 Å². The molecule has 0 amide bonds. The van der Waals surface area contributed by atoms with E-state index in [9.17, 15) is 4.79 Å². The first-order valence-electron chi connectivity index (χ1n) is 6.20. The lowest BCUT2D eigenvalue weighted by Gasteiger charge is -2.08. The van der Waals surface area contributed by atoms with E-state index < -0.39 is 0 Å². The maximum absolute atomic E-state index is 11.3. The van der Waals surface area contributed by atoms with Crippen LogP contribution >= 0.6 is 0 Å². The summed E-state index contributed by atoms with van der Waals surface area (Å²) in [7, 11) is 3.06. The quantitative estimate of drug-likeness (QED) is 0.394. The van der Waals surface area contributed by atoms with Crippen molar-refractivity contribution in [2.45, 2.75) is 33.6 Å². The normalized spacial score (nSPS) is 14.7. The van der Waals surface area contributed by atoms with E-state index >= 15 is 0 Å². The molecule has 18 heavy (non-hydrogen) atoms. The van der Waals surface area contributed by atoms with E-state index in [2.05, 4.69) is 6.92 Å². The van der Waals surface area contributed by atoms with Gasteiger partial charge < -0.3 is 9.47 Å². The van der Waals surface area contributed by atoms with Crippen LogP contribution in [0.2, 0.25) is 0 Å². The van der Waals surface area contributed by atoms with Gasteiger partial charge in [0.15, 0.2) is 0 Å². The second-order valence-electron chi connectivity index (χ2n) is 4.23. The molecule has 0 unspecified atom stereocenters. The Labute approximate surface area is 110 Å². The molecule has 0 aliphatic carbocycles. The monoisotopic (exact) mass is 252 g/mol. The van der Waals surface area contributed by atoms with Crippen LogP contribution in [-0.2, 0) is 14.3 Å². The predicted octanol–water partition coefficient (Wildman–Crippen LogP) is 3.63. The number of esters is 1. The number of carbonyl (C=O) groups excluding carboxylic acids is 1. The molecular weight excluding hydrogens is 228 g/mol. The first-order valence-corrected chi connectivity index (χ1v) is 6.20. The van der Waals surface area contributed by atoms with Crippen molar-refractivity contribution < 1.29 is 14.3 Å². The summed E-state index contributed by atoms with van der Waals surface area (Å²) in [4.78, 5) is 11.3. The van der Waals surface area contributed by atoms with Crippen LogP contribution in [0, 0.1) is 5.92 Å². The molecule has 0 radical (unpaired) electrons. The highest BCUT2D eigenvalue weighted by Crippen LogP contribution is 2.13. The van der Waals surface area contributed by atoms with E-state index in [1.807, 2.05) is 38.2 Å². The molecule has 3 heteroatoms. The molecule has 102 valence electrons. The Balaban J connectivity index is 4.52. The Hall–Kier alpha value is -1.51. The predicted molar refractivity (Wildman–Crippen MR) is 74.1 cm³/mol. The highest BCUT2D eigenvalue weighted by molar-refractivity contribution is 5.72. The molecule has 0 aliphatic heterocycles. The number of allylic oxidation sites excluding steroid dienone is 5. The fourth-order valence-corrected chi connectivity index (χ4v) is 1.49. The minimum atomic E-state index is -0.176. The Bertz CT molecular complexity index is 338. The van der Waals surface area contributed by atoms with Gasteiger partial charge in [0.2, 0.25) is 0 Å². The van der Waals surface area contributed by atoms with Gasteiger partial charge in [0.05, 0.1) is 20.1 Å². The Morgan fingerprint density at radius 1 is 1.22 bits per heavy atom. The number of ether oxygens (including phenoxy) is 2. The van der Waals surface area contributed by atoms with Crippen molar-refractivity contribution >= 4 is 5.97 Å². The zero-order chi connectivity index (χ0) is 14.0. The van der Waals surface area contributed by atoms with E-state index in [-0.39, 0.29) is 11.9 Å². The van der Waals surface area contributed by atoms with Crippen molar-refractivity contribution in [2.24, 2.45) is 5.92 Å². The first-order chi connectivity index (χ1) is 8.54. The average Bonchev–Trinajstić information content (AvgIpc) is 2.37. The third kappa shape index (κ3) is 6.94. The lowest BCUT2D eigenvalue weighted by Crippen LogP contribution is -2.12. The van der Waals surface area contributed by atoms with Gasteiger partial charge in [-0.1, -0.05) is 31.6 Å². The average molecular weight is 252 g/mol. The van der Waals surface area contributed by atoms with Crippen molar-refractivity contribution in [1.29, 1.82) is 0 Å². The van der Waals surface area contributed by atoms with Crippen LogP contribution in [0.15, 0.2) is 35.6 Å². The molecule has 0 aromatic carbocycles. The highest BCUT2D eigenvalue weighted by Gasteiger charge is 2.12. The summed E-state index contributed by atoms with van der Waals surface area (Å²) in [5, 5.41) is 0. The highest BCUT2D eigenvalue weighted by atomic mass is 16.5. The minimum absolute atomic E-state index is 0.114. The summed E-state index contributed by atoms with van der Waals surface area (Å²) < 4.78 is 9.91. The Morgan fingerprint density at radius 3 is 2.39 bits per heavy atom. The molecule has 0 aromatic rings. The molecule has 0 bridgehead atoms. The van der Waals surface area contributed by atoms with Gasteiger partial charge in [-0.2, -0.15) is 0 Å². The summed E-state index contributed by atoms with van der Waals surface area (Å²) in [6.07, 6.45) is 9.52. The SMILES string of the molecule is CC/C=C/C(=C\C=C(/C)C[C@H](C)C(=O)OC)OC. The standard InChI is InChI=1S/C15H24O3/c1-6-7-8-14(17-4)10-9-12(2)11-13(3)15(16)18-5/h7-10,13H,6,11H2,1-5H3/b8-7+,12-9+,14-10+/t13-/m0/s1. The molecule has 0 heterocycles. The number of hydrogen-bond donors (Lipinski definition) is 0. The largest absolute Gasteiger partial charge is 0.497 e. The molecule has 0 saturated carbocycles. The van der Waals surface area contributed by atoms with Gasteiger partial charge in [-0.05, 0) is 31.9 Å². The van der Waals surface area contributed by atoms with Gasteiger partial charge >= 0.3 is 5.97 Å². The van der Waals surface area contributed by atoms with Gasteiger partial charge in [0.25, 0.3) is 0 Å². The van der Waals surface area contributed by atoms with Crippen LogP contribution in [0.3, 0.4) is 0 Å². The summed E-state index contributed by atoms with van der Waals surface area (Å²) in [6, 6.07) is 0. The van der Waals surface area contributed by atoms with Crippen LogP contribution < -0.4 is 0 Å². The number of rotatable bonds is 7. The lowest BCUT2D eigenvalue weighted by molar-refractivity contribution is -0.144. The second kappa shape index (κ2) is 9.51. The summed E-state index contributed by atoms with van der Waals surface area (Å²) >= 11 is 0. The van der Waals surface area contributed by atoms with E-state index in [1.54, 1.807) is 7.11 Å². The van der Waals surface area contributed by atoms with Crippen molar-refractivity contribution in [2.75, 3.05) is 14.2 Å². The maximum Gasteiger partial charge on any atom is 0.308 e. The number of methoxy groups -OCH3 is 2. The topological polar surface area (TPSA) is 35.5 Å². The fraction of sp³-hybridized carbons (Fsp3) is 0.533. The summed E-state index contributed by atoms with van der Waals surface area (Å²) in [6.45, 7) is 5.93. The molecular formula is C15H24O3. The molecule has 1 atom stereocenters. The van der Waals surface area contributed by atoms with Crippen molar-refractivity contribution in [1.82, 2.24) is 0 Å². The molecule has 0 rings (SSSR count). The molecule has 0 fully saturated rings. The zero-order valence-electron chi connectivity index (χ0n) is 12.0. The molecule has 0 aromatic heterocycles. The van der Waals surface area contributed by atoms with Gasteiger partial charge in [0, 0.05) is 0 Å².